The van der Waals surface area contributed by atoms with Crippen molar-refractivity contribution in [1.82, 2.24) is 4.57 Å². The second-order valence-corrected chi connectivity index (χ2v) is 7.81. The Hall–Kier alpha value is -1.81. The first-order chi connectivity index (χ1) is 13.7. The van der Waals surface area contributed by atoms with Crippen molar-refractivity contribution >= 4 is 23.2 Å². The zero-order valence-corrected chi connectivity index (χ0v) is 17.7. The van der Waals surface area contributed by atoms with Crippen LogP contribution in [0.15, 0.2) is 67.3 Å². The molecule has 0 aliphatic heterocycles. The van der Waals surface area contributed by atoms with Gasteiger partial charge in [0, 0.05) is 28.6 Å². The van der Waals surface area contributed by atoms with Gasteiger partial charge in [-0.3, -0.25) is 0 Å². The van der Waals surface area contributed by atoms with Gasteiger partial charge in [-0.2, -0.15) is 0 Å². The average Bonchev–Trinajstić information content (AvgIpc) is 3.14. The Kier molecular flexibility index (Phi) is 7.96. The molecule has 0 N–H and O–H groups in total. The molecule has 0 radical (unpaired) electrons. The molecular weight excluding hydrogens is 391 g/mol. The van der Waals surface area contributed by atoms with E-state index in [-0.39, 0.29) is 6.10 Å². The van der Waals surface area contributed by atoms with Crippen LogP contribution < -0.4 is 4.57 Å². The Bertz CT molecular complexity index is 864. The lowest BCUT2D eigenvalue weighted by molar-refractivity contribution is -0.704. The monoisotopic (exact) mass is 417 g/mol. The van der Waals surface area contributed by atoms with Crippen LogP contribution in [0.5, 0.6) is 0 Å². The second-order valence-electron chi connectivity index (χ2n) is 6.96. The molecule has 28 heavy (non-hydrogen) atoms. The molecule has 1 aromatic heterocycles. The first-order valence-corrected chi connectivity index (χ1v) is 10.6. The fraction of sp³-hybridized carbons (Fsp3) is 0.348. The standard InChI is InChI=1S/C23H27Cl2N2O/c1-2-3-15-28-23(21-10-9-20(24)16-22(21)25)17-27-14-13-26(18-27)12-11-19-7-5-4-6-8-19/h4-10,13-14,16,18,23H,2-3,11-12,15,17H2,1H3/q+1. The number of benzene rings is 2. The Labute approximate surface area is 177 Å². The molecule has 1 heterocycles. The molecule has 5 heteroatoms. The van der Waals surface area contributed by atoms with Crippen LogP contribution >= 0.6 is 23.2 Å². The normalized spacial score (nSPS) is 12.2. The minimum atomic E-state index is -0.105. The van der Waals surface area contributed by atoms with Crippen molar-refractivity contribution in [1.29, 1.82) is 0 Å². The Morgan fingerprint density at radius 1 is 1.11 bits per heavy atom. The van der Waals surface area contributed by atoms with E-state index < -0.39 is 0 Å². The molecule has 3 aromatic rings. The van der Waals surface area contributed by atoms with E-state index in [0.717, 1.165) is 38.0 Å². The molecule has 0 fully saturated rings. The lowest BCUT2D eigenvalue weighted by Gasteiger charge is -2.18. The lowest BCUT2D eigenvalue weighted by atomic mass is 10.1. The van der Waals surface area contributed by atoms with Gasteiger partial charge in [0.05, 0.1) is 6.54 Å². The first-order valence-electron chi connectivity index (χ1n) is 9.81. The van der Waals surface area contributed by atoms with E-state index in [9.17, 15) is 0 Å². The van der Waals surface area contributed by atoms with Gasteiger partial charge in [-0.05, 0) is 24.1 Å². The van der Waals surface area contributed by atoms with Crippen molar-refractivity contribution in [2.45, 2.75) is 45.4 Å². The van der Waals surface area contributed by atoms with Crippen LogP contribution in [-0.2, 0) is 24.2 Å². The summed E-state index contributed by atoms with van der Waals surface area (Å²) in [6.45, 7) is 4.54. The number of halogens is 2. The molecule has 0 aliphatic carbocycles. The van der Waals surface area contributed by atoms with Crippen LogP contribution in [0.25, 0.3) is 0 Å². The first kappa shape index (κ1) is 20.9. The molecule has 3 rings (SSSR count). The Morgan fingerprint density at radius 3 is 2.68 bits per heavy atom. The van der Waals surface area contributed by atoms with Crippen molar-refractivity contribution in [2.24, 2.45) is 0 Å². The molecule has 0 spiro atoms. The summed E-state index contributed by atoms with van der Waals surface area (Å²) in [5, 5.41) is 1.29. The molecule has 148 valence electrons. The SMILES string of the molecule is CCCCOC(C[n+]1ccn(CCc2ccccc2)c1)c1ccc(Cl)cc1Cl. The number of hydrogen-bond acceptors (Lipinski definition) is 1. The molecular formula is C23H27Cl2N2O+. The number of rotatable bonds is 10. The minimum absolute atomic E-state index is 0.105. The zero-order valence-electron chi connectivity index (χ0n) is 16.2. The molecule has 0 amide bonds. The predicted octanol–water partition coefficient (Wildman–Crippen LogP) is 5.88. The van der Waals surface area contributed by atoms with Gasteiger partial charge in [-0.1, -0.05) is 72.9 Å². The van der Waals surface area contributed by atoms with Gasteiger partial charge in [0.1, 0.15) is 25.0 Å². The van der Waals surface area contributed by atoms with E-state index >= 15 is 0 Å². The third kappa shape index (κ3) is 6.10. The third-order valence-electron chi connectivity index (χ3n) is 4.75. The third-order valence-corrected chi connectivity index (χ3v) is 5.31. The minimum Gasteiger partial charge on any atom is -0.369 e. The number of aryl methyl sites for hydroxylation is 2. The smallest absolute Gasteiger partial charge is 0.243 e. The van der Waals surface area contributed by atoms with Crippen molar-refractivity contribution < 1.29 is 9.30 Å². The summed E-state index contributed by atoms with van der Waals surface area (Å²) in [7, 11) is 0. The van der Waals surface area contributed by atoms with Crippen molar-refractivity contribution in [3.05, 3.63) is 88.4 Å². The maximum absolute atomic E-state index is 6.45. The molecule has 2 aromatic carbocycles. The summed E-state index contributed by atoms with van der Waals surface area (Å²) in [6, 6.07) is 16.2. The van der Waals surface area contributed by atoms with Crippen molar-refractivity contribution in [3.8, 4) is 0 Å². The molecule has 3 nitrogen and oxygen atoms in total. The maximum atomic E-state index is 6.45. The molecule has 1 unspecified atom stereocenters. The van der Waals surface area contributed by atoms with Gasteiger partial charge in [-0.25, -0.2) is 9.13 Å². The highest BCUT2D eigenvalue weighted by atomic mass is 35.5. The van der Waals surface area contributed by atoms with Crippen LogP contribution in [0.3, 0.4) is 0 Å². The van der Waals surface area contributed by atoms with Crippen molar-refractivity contribution in [2.75, 3.05) is 6.61 Å². The van der Waals surface area contributed by atoms with E-state index in [2.05, 4.69) is 59.0 Å². The number of unbranched alkanes of at least 4 members (excludes halogenated alkanes) is 1. The van der Waals surface area contributed by atoms with Gasteiger partial charge < -0.3 is 4.74 Å². The highest BCUT2D eigenvalue weighted by Crippen LogP contribution is 2.29. The summed E-state index contributed by atoms with van der Waals surface area (Å²) < 4.78 is 10.5. The number of imidazole rings is 1. The highest BCUT2D eigenvalue weighted by Gasteiger charge is 2.19. The topological polar surface area (TPSA) is 18.0 Å². The molecule has 0 saturated heterocycles. The van der Waals surface area contributed by atoms with E-state index in [4.69, 9.17) is 27.9 Å². The van der Waals surface area contributed by atoms with Crippen LogP contribution in [0.4, 0.5) is 0 Å². The van der Waals surface area contributed by atoms with E-state index in [0.29, 0.717) is 16.6 Å². The number of ether oxygens (including phenoxy) is 1. The average molecular weight is 418 g/mol. The summed E-state index contributed by atoms with van der Waals surface area (Å²) in [5.41, 5.74) is 2.32. The number of nitrogens with zero attached hydrogens (tertiary/aromatic N) is 2. The summed E-state index contributed by atoms with van der Waals surface area (Å²) in [5.74, 6) is 0. The maximum Gasteiger partial charge on any atom is 0.243 e. The largest absolute Gasteiger partial charge is 0.369 e. The van der Waals surface area contributed by atoms with Gasteiger partial charge in [0.25, 0.3) is 0 Å². The Balaban J connectivity index is 1.67. The molecule has 1 atom stereocenters. The Morgan fingerprint density at radius 2 is 1.93 bits per heavy atom. The van der Waals surface area contributed by atoms with Crippen LogP contribution in [-0.4, -0.2) is 11.2 Å². The number of hydrogen-bond donors (Lipinski definition) is 0. The second kappa shape index (κ2) is 10.7. The van der Waals surface area contributed by atoms with Crippen LogP contribution in [0, 0.1) is 0 Å². The predicted molar refractivity (Wildman–Crippen MR) is 115 cm³/mol. The summed E-state index contributed by atoms with van der Waals surface area (Å²) in [4.78, 5) is 0. The fourth-order valence-electron chi connectivity index (χ4n) is 3.15. The van der Waals surface area contributed by atoms with E-state index in [1.54, 1.807) is 6.07 Å². The lowest BCUT2D eigenvalue weighted by Crippen LogP contribution is -2.35. The van der Waals surface area contributed by atoms with Crippen LogP contribution in [0.1, 0.15) is 37.0 Å². The van der Waals surface area contributed by atoms with Gasteiger partial charge in [0.15, 0.2) is 0 Å². The van der Waals surface area contributed by atoms with E-state index in [1.165, 1.54) is 5.56 Å². The van der Waals surface area contributed by atoms with Crippen molar-refractivity contribution in [3.63, 3.8) is 0 Å². The zero-order chi connectivity index (χ0) is 19.8. The van der Waals surface area contributed by atoms with Gasteiger partial charge in [-0.15, -0.1) is 0 Å². The summed E-state index contributed by atoms with van der Waals surface area (Å²) >= 11 is 12.5. The van der Waals surface area contributed by atoms with Gasteiger partial charge >= 0.3 is 0 Å². The highest BCUT2D eigenvalue weighted by molar-refractivity contribution is 6.35. The van der Waals surface area contributed by atoms with Crippen LogP contribution in [0.2, 0.25) is 10.0 Å². The summed E-state index contributed by atoms with van der Waals surface area (Å²) in [6.07, 6.45) is 9.36. The quantitative estimate of drug-likeness (QED) is 0.297. The fourth-order valence-corrected chi connectivity index (χ4v) is 3.68. The molecule has 0 saturated carbocycles. The van der Waals surface area contributed by atoms with Gasteiger partial charge in [0.2, 0.25) is 6.33 Å². The number of aromatic nitrogens is 2. The molecule has 0 bridgehead atoms. The van der Waals surface area contributed by atoms with E-state index in [1.807, 2.05) is 18.2 Å². The molecule has 0 aliphatic rings.